The van der Waals surface area contributed by atoms with Crippen molar-refractivity contribution in [2.75, 3.05) is 0 Å². The van der Waals surface area contributed by atoms with Crippen LogP contribution in [0.25, 0.3) is 0 Å². The number of pyridine rings is 1. The fourth-order valence-electron chi connectivity index (χ4n) is 1.25. The summed E-state index contributed by atoms with van der Waals surface area (Å²) in [6.45, 7) is 0. The Balaban J connectivity index is 3.73. The summed E-state index contributed by atoms with van der Waals surface area (Å²) < 4.78 is 62.2. The molecule has 0 atom stereocenters. The summed E-state index contributed by atoms with van der Waals surface area (Å²) in [6.07, 6.45) is -8.73. The topological polar surface area (TPSA) is 99.1 Å². The molecule has 1 aromatic rings. The van der Waals surface area contributed by atoms with Gasteiger partial charge in [-0.25, -0.2) is 8.78 Å². The Bertz CT molecular complexity index is 543. The molecule has 104 valence electrons. The van der Waals surface area contributed by atoms with Crippen molar-refractivity contribution >= 4 is 11.7 Å². The maximum absolute atomic E-state index is 12.6. The lowest BCUT2D eigenvalue weighted by molar-refractivity contribution is -0.390. The summed E-state index contributed by atoms with van der Waals surface area (Å²) in [5, 5.41) is 10.5. The molecule has 1 rings (SSSR count). The lowest BCUT2D eigenvalue weighted by Gasteiger charge is -2.09. The molecule has 1 amide bonds. The van der Waals surface area contributed by atoms with Crippen LogP contribution in [-0.2, 0) is 6.18 Å². The van der Waals surface area contributed by atoms with Crippen LogP contribution in [0.3, 0.4) is 0 Å². The Hall–Kier alpha value is -2.33. The van der Waals surface area contributed by atoms with E-state index in [9.17, 15) is 36.9 Å². The highest BCUT2D eigenvalue weighted by atomic mass is 19.4. The molecule has 19 heavy (non-hydrogen) atoms. The zero-order valence-electron chi connectivity index (χ0n) is 8.74. The molecule has 1 aromatic heterocycles. The van der Waals surface area contributed by atoms with Crippen LogP contribution in [0, 0.1) is 10.1 Å². The molecule has 0 aliphatic rings. The molecule has 6 nitrogen and oxygen atoms in total. The molecule has 0 unspecified atom stereocenters. The number of carbonyl (C=O) groups is 1. The summed E-state index contributed by atoms with van der Waals surface area (Å²) in [6, 6.07) is -0.141. The number of nitro groups is 1. The van der Waals surface area contributed by atoms with Crippen LogP contribution in [0.5, 0.6) is 0 Å². The van der Waals surface area contributed by atoms with E-state index in [4.69, 9.17) is 0 Å². The predicted molar refractivity (Wildman–Crippen MR) is 49.4 cm³/mol. The van der Waals surface area contributed by atoms with E-state index in [0.717, 1.165) is 0 Å². The predicted octanol–water partition coefficient (Wildman–Crippen LogP) is 2.05. The third kappa shape index (κ3) is 2.92. The molecule has 1 heterocycles. The van der Waals surface area contributed by atoms with E-state index in [1.807, 2.05) is 0 Å². The smallest absolute Gasteiger partial charge is 0.365 e. The van der Waals surface area contributed by atoms with Gasteiger partial charge in [-0.15, -0.1) is 0 Å². The van der Waals surface area contributed by atoms with Gasteiger partial charge in [0.2, 0.25) is 0 Å². The molecule has 0 spiro atoms. The second-order valence-electron chi connectivity index (χ2n) is 3.22. The van der Waals surface area contributed by atoms with Crippen molar-refractivity contribution in [1.29, 1.82) is 0 Å². The van der Waals surface area contributed by atoms with Crippen LogP contribution in [0.15, 0.2) is 6.07 Å². The van der Waals surface area contributed by atoms with Crippen LogP contribution >= 0.6 is 0 Å². The zero-order valence-corrected chi connectivity index (χ0v) is 8.74. The molecule has 0 saturated carbocycles. The van der Waals surface area contributed by atoms with Gasteiger partial charge in [0, 0.05) is 11.6 Å². The Morgan fingerprint density at radius 2 is 1.95 bits per heavy atom. The average Bonchev–Trinajstić information content (AvgIpc) is 2.25. The molecule has 11 heteroatoms. The Morgan fingerprint density at radius 3 is 2.26 bits per heavy atom. The number of aromatic nitrogens is 1. The zero-order chi connectivity index (χ0) is 15.0. The second-order valence-corrected chi connectivity index (χ2v) is 3.22. The second kappa shape index (κ2) is 4.74. The van der Waals surface area contributed by atoms with Crippen molar-refractivity contribution in [3.8, 4) is 0 Å². The third-order valence-electron chi connectivity index (χ3n) is 1.98. The van der Waals surface area contributed by atoms with Gasteiger partial charge in [0.15, 0.2) is 0 Å². The maximum Gasteiger partial charge on any atom is 0.458 e. The first-order valence-corrected chi connectivity index (χ1v) is 4.40. The Morgan fingerprint density at radius 1 is 1.42 bits per heavy atom. The number of alkyl halides is 5. The van der Waals surface area contributed by atoms with Crippen molar-refractivity contribution in [3.05, 3.63) is 33.0 Å². The standard InChI is InChI=1S/C8H4F5N3O3/c9-5(10)2-1-3(8(11,12)13)15-7(16(18)19)4(2)6(14)17/h1,5H,(H2,14,17). The van der Waals surface area contributed by atoms with E-state index < -0.39 is 46.1 Å². The first-order valence-electron chi connectivity index (χ1n) is 4.40. The SMILES string of the molecule is NC(=O)c1c(C(F)F)cc(C(F)(F)F)nc1[N+](=O)[O-]. The van der Waals surface area contributed by atoms with Gasteiger partial charge in [0.1, 0.15) is 5.56 Å². The monoisotopic (exact) mass is 285 g/mol. The molecule has 0 radical (unpaired) electrons. The van der Waals surface area contributed by atoms with E-state index >= 15 is 0 Å². The van der Waals surface area contributed by atoms with Gasteiger partial charge >= 0.3 is 12.0 Å². The molecule has 0 bridgehead atoms. The van der Waals surface area contributed by atoms with Crippen LogP contribution in [-0.4, -0.2) is 15.8 Å². The van der Waals surface area contributed by atoms with Gasteiger partial charge in [-0.1, -0.05) is 0 Å². The van der Waals surface area contributed by atoms with Crippen LogP contribution < -0.4 is 5.73 Å². The highest BCUT2D eigenvalue weighted by molar-refractivity contribution is 5.97. The summed E-state index contributed by atoms with van der Waals surface area (Å²) >= 11 is 0. The van der Waals surface area contributed by atoms with Gasteiger partial charge in [0.25, 0.3) is 18.0 Å². The highest BCUT2D eigenvalue weighted by Gasteiger charge is 2.42. The molecular weight excluding hydrogens is 281 g/mol. The average molecular weight is 285 g/mol. The van der Waals surface area contributed by atoms with Gasteiger partial charge < -0.3 is 15.8 Å². The number of nitrogens with zero attached hydrogens (tertiary/aromatic N) is 2. The Kier molecular flexibility index (Phi) is 3.68. The molecule has 0 aliphatic heterocycles. The van der Waals surface area contributed by atoms with Gasteiger partial charge in [-0.3, -0.25) is 4.79 Å². The normalized spacial score (nSPS) is 11.7. The lowest BCUT2D eigenvalue weighted by Crippen LogP contribution is -2.20. The van der Waals surface area contributed by atoms with Crippen molar-refractivity contribution in [2.24, 2.45) is 5.73 Å². The first-order chi connectivity index (χ1) is 8.55. The van der Waals surface area contributed by atoms with E-state index in [1.165, 1.54) is 0 Å². The van der Waals surface area contributed by atoms with Gasteiger partial charge in [-0.05, 0) is 9.91 Å². The van der Waals surface area contributed by atoms with Gasteiger partial charge in [-0.2, -0.15) is 13.2 Å². The summed E-state index contributed by atoms with van der Waals surface area (Å²) in [4.78, 5) is 22.4. The van der Waals surface area contributed by atoms with E-state index in [-0.39, 0.29) is 6.07 Å². The fourth-order valence-corrected chi connectivity index (χ4v) is 1.25. The first kappa shape index (κ1) is 14.7. The number of halogens is 5. The highest BCUT2D eigenvalue weighted by Crippen LogP contribution is 2.35. The number of amides is 1. The maximum atomic E-state index is 12.6. The van der Waals surface area contributed by atoms with Crippen molar-refractivity contribution in [2.45, 2.75) is 12.6 Å². The van der Waals surface area contributed by atoms with Crippen molar-refractivity contribution < 1.29 is 31.7 Å². The molecule has 0 aliphatic carbocycles. The number of rotatable bonds is 3. The Labute approximate surface area is 101 Å². The van der Waals surface area contributed by atoms with Gasteiger partial charge in [0.05, 0.1) is 0 Å². The van der Waals surface area contributed by atoms with Crippen molar-refractivity contribution in [1.82, 2.24) is 4.98 Å². The minimum Gasteiger partial charge on any atom is -0.365 e. The minimum atomic E-state index is -5.18. The lowest BCUT2D eigenvalue weighted by atomic mass is 10.1. The van der Waals surface area contributed by atoms with Crippen LogP contribution in [0.2, 0.25) is 0 Å². The third-order valence-corrected chi connectivity index (χ3v) is 1.98. The number of primary amides is 1. The largest absolute Gasteiger partial charge is 0.458 e. The van der Waals surface area contributed by atoms with Crippen molar-refractivity contribution in [3.63, 3.8) is 0 Å². The summed E-state index contributed by atoms with van der Waals surface area (Å²) in [5.74, 6) is -3.32. The number of nitrogens with two attached hydrogens (primary N) is 1. The molecule has 0 fully saturated rings. The van der Waals surface area contributed by atoms with E-state index in [2.05, 4.69) is 10.7 Å². The molecule has 0 aromatic carbocycles. The molecule has 0 saturated heterocycles. The molecule has 2 N–H and O–H groups in total. The molecular formula is C8H4F5N3O3. The summed E-state index contributed by atoms with van der Waals surface area (Å²) in [5.41, 5.74) is -0.0756. The van der Waals surface area contributed by atoms with E-state index in [1.54, 1.807) is 0 Å². The summed E-state index contributed by atoms with van der Waals surface area (Å²) in [7, 11) is 0. The van der Waals surface area contributed by atoms with E-state index in [0.29, 0.717) is 0 Å². The number of hydrogen-bond acceptors (Lipinski definition) is 4. The number of carbonyl (C=O) groups excluding carboxylic acids is 1. The van der Waals surface area contributed by atoms with Crippen LogP contribution in [0.1, 0.15) is 28.0 Å². The van der Waals surface area contributed by atoms with Crippen LogP contribution in [0.4, 0.5) is 27.8 Å². The fraction of sp³-hybridized carbons (Fsp3) is 0.250. The number of hydrogen-bond donors (Lipinski definition) is 1. The quantitative estimate of drug-likeness (QED) is 0.521. The minimum absolute atomic E-state index is 0.141.